The number of para-hydroxylation sites is 1. The molecule has 0 aromatic heterocycles. The Morgan fingerprint density at radius 3 is 1.90 bits per heavy atom. The van der Waals surface area contributed by atoms with Crippen LogP contribution in [0.15, 0.2) is 53.6 Å². The number of carbonyl (C=O) groups is 2. The molecule has 1 aliphatic heterocycles. The van der Waals surface area contributed by atoms with Crippen LogP contribution in [0.1, 0.15) is 13.8 Å². The predicted molar refractivity (Wildman–Crippen MR) is 80.4 cm³/mol. The van der Waals surface area contributed by atoms with E-state index in [0.717, 1.165) is 0 Å². The van der Waals surface area contributed by atoms with Crippen molar-refractivity contribution in [2.24, 2.45) is 23.7 Å². The monoisotopic (exact) mass is 279 g/mol. The first kappa shape index (κ1) is 12.6. The van der Waals surface area contributed by atoms with Crippen molar-refractivity contribution in [1.82, 2.24) is 0 Å². The van der Waals surface area contributed by atoms with E-state index in [9.17, 15) is 9.59 Å². The molecule has 0 radical (unpaired) electrons. The normalized spacial score (nSPS) is 33.0. The molecule has 106 valence electrons. The van der Waals surface area contributed by atoms with Crippen LogP contribution in [0.5, 0.6) is 0 Å². The summed E-state index contributed by atoms with van der Waals surface area (Å²) in [5.41, 5.74) is 3.23. The standard InChI is InChI=1S/C18H17NO2/c1-10(2)14-12-8-9-13(14)16-15(12)17(20)19(18(16)21)11-6-4-3-5-7-11/h3-9,12-13,15-16H,1-2H3. The Morgan fingerprint density at radius 1 is 0.905 bits per heavy atom. The van der Waals surface area contributed by atoms with Gasteiger partial charge in [0.15, 0.2) is 0 Å². The molecule has 1 aromatic carbocycles. The Hall–Kier alpha value is -2.16. The Bertz CT molecular complexity index is 663. The van der Waals surface area contributed by atoms with Gasteiger partial charge in [-0.1, -0.05) is 41.5 Å². The number of hydrogen-bond donors (Lipinski definition) is 0. The number of imide groups is 1. The van der Waals surface area contributed by atoms with E-state index < -0.39 is 0 Å². The fourth-order valence-corrected chi connectivity index (χ4v) is 4.26. The summed E-state index contributed by atoms with van der Waals surface area (Å²) in [6.45, 7) is 4.15. The van der Waals surface area contributed by atoms with Crippen LogP contribution in [-0.4, -0.2) is 11.8 Å². The van der Waals surface area contributed by atoms with Crippen molar-refractivity contribution >= 4 is 17.5 Å². The van der Waals surface area contributed by atoms with Crippen LogP contribution in [-0.2, 0) is 9.59 Å². The minimum absolute atomic E-state index is 0.0354. The van der Waals surface area contributed by atoms with E-state index >= 15 is 0 Å². The average molecular weight is 279 g/mol. The number of rotatable bonds is 1. The van der Waals surface area contributed by atoms with Gasteiger partial charge < -0.3 is 0 Å². The molecule has 2 amide bonds. The summed E-state index contributed by atoms with van der Waals surface area (Å²) >= 11 is 0. The second-order valence-electron chi connectivity index (χ2n) is 6.29. The third-order valence-electron chi connectivity index (χ3n) is 5.01. The zero-order valence-electron chi connectivity index (χ0n) is 12.1. The highest BCUT2D eigenvalue weighted by molar-refractivity contribution is 6.23. The Morgan fingerprint density at radius 2 is 1.43 bits per heavy atom. The zero-order chi connectivity index (χ0) is 14.7. The molecule has 0 N–H and O–H groups in total. The quantitative estimate of drug-likeness (QED) is 0.585. The molecule has 4 rings (SSSR count). The number of nitrogens with zero attached hydrogens (tertiary/aromatic N) is 1. The van der Waals surface area contributed by atoms with Crippen molar-refractivity contribution < 1.29 is 9.59 Å². The molecule has 1 aromatic rings. The Labute approximate surface area is 123 Å². The molecule has 4 atom stereocenters. The van der Waals surface area contributed by atoms with Crippen LogP contribution in [0.2, 0.25) is 0 Å². The molecular weight excluding hydrogens is 262 g/mol. The van der Waals surface area contributed by atoms with Gasteiger partial charge in [-0.15, -0.1) is 0 Å². The van der Waals surface area contributed by atoms with E-state index in [1.165, 1.54) is 16.0 Å². The summed E-state index contributed by atoms with van der Waals surface area (Å²) in [7, 11) is 0. The summed E-state index contributed by atoms with van der Waals surface area (Å²) in [6, 6.07) is 9.26. The summed E-state index contributed by atoms with van der Waals surface area (Å²) in [6.07, 6.45) is 4.24. The third-order valence-corrected chi connectivity index (χ3v) is 5.01. The number of anilines is 1. The van der Waals surface area contributed by atoms with Gasteiger partial charge >= 0.3 is 0 Å². The van der Waals surface area contributed by atoms with E-state index in [1.807, 2.05) is 30.3 Å². The first-order valence-corrected chi connectivity index (χ1v) is 7.39. The van der Waals surface area contributed by atoms with Crippen molar-refractivity contribution in [2.75, 3.05) is 4.90 Å². The molecule has 3 heteroatoms. The SMILES string of the molecule is CC(C)=C1C2C=CC1C1C(=O)N(c3ccccc3)C(=O)C21. The van der Waals surface area contributed by atoms with Gasteiger partial charge in [0.05, 0.1) is 17.5 Å². The minimum Gasteiger partial charge on any atom is -0.274 e. The lowest BCUT2D eigenvalue weighted by molar-refractivity contribution is -0.122. The predicted octanol–water partition coefficient (Wildman–Crippen LogP) is 2.94. The number of benzene rings is 1. The van der Waals surface area contributed by atoms with Gasteiger partial charge in [-0.05, 0) is 26.0 Å². The lowest BCUT2D eigenvalue weighted by atomic mass is 9.85. The maximum Gasteiger partial charge on any atom is 0.238 e. The van der Waals surface area contributed by atoms with Crippen LogP contribution in [0, 0.1) is 23.7 Å². The van der Waals surface area contributed by atoms with Crippen LogP contribution in [0.4, 0.5) is 5.69 Å². The molecule has 1 saturated heterocycles. The van der Waals surface area contributed by atoms with E-state index in [1.54, 1.807) is 0 Å². The number of fused-ring (bicyclic) bond motifs is 5. The van der Waals surface area contributed by atoms with Crippen molar-refractivity contribution in [3.8, 4) is 0 Å². The third kappa shape index (κ3) is 1.49. The van der Waals surface area contributed by atoms with Gasteiger partial charge in [0.2, 0.25) is 11.8 Å². The smallest absolute Gasteiger partial charge is 0.238 e. The van der Waals surface area contributed by atoms with Crippen LogP contribution in [0.25, 0.3) is 0 Å². The van der Waals surface area contributed by atoms with E-state index in [2.05, 4.69) is 26.0 Å². The molecular formula is C18H17NO2. The topological polar surface area (TPSA) is 37.4 Å². The summed E-state index contributed by atoms with van der Waals surface area (Å²) in [5, 5.41) is 0. The molecule has 3 aliphatic rings. The van der Waals surface area contributed by atoms with Gasteiger partial charge in [-0.2, -0.15) is 0 Å². The van der Waals surface area contributed by atoms with Crippen molar-refractivity contribution in [1.29, 1.82) is 0 Å². The molecule has 4 unspecified atom stereocenters. The van der Waals surface area contributed by atoms with Gasteiger partial charge in [0.25, 0.3) is 0 Å². The molecule has 3 nitrogen and oxygen atoms in total. The summed E-state index contributed by atoms with van der Waals surface area (Å²) in [4.78, 5) is 27.0. The highest BCUT2D eigenvalue weighted by atomic mass is 16.2. The fraction of sp³-hybridized carbons (Fsp3) is 0.333. The fourth-order valence-electron chi connectivity index (χ4n) is 4.26. The Kier molecular flexibility index (Phi) is 2.49. The largest absolute Gasteiger partial charge is 0.274 e. The summed E-state index contributed by atoms with van der Waals surface area (Å²) < 4.78 is 0. The van der Waals surface area contributed by atoms with Gasteiger partial charge in [-0.3, -0.25) is 9.59 Å². The first-order valence-electron chi connectivity index (χ1n) is 7.39. The second kappa shape index (κ2) is 4.17. The van der Waals surface area contributed by atoms with E-state index in [4.69, 9.17) is 0 Å². The number of allylic oxidation sites excluding steroid dienone is 4. The summed E-state index contributed by atoms with van der Waals surface area (Å²) in [5.74, 6) is -0.223. The van der Waals surface area contributed by atoms with Crippen molar-refractivity contribution in [2.45, 2.75) is 13.8 Å². The van der Waals surface area contributed by atoms with Crippen LogP contribution in [0.3, 0.4) is 0 Å². The highest BCUT2D eigenvalue weighted by Crippen LogP contribution is 2.57. The molecule has 2 aliphatic carbocycles. The first-order chi connectivity index (χ1) is 10.1. The van der Waals surface area contributed by atoms with Crippen molar-refractivity contribution in [3.05, 3.63) is 53.6 Å². The maximum atomic E-state index is 12.8. The Balaban J connectivity index is 1.79. The molecule has 0 spiro atoms. The van der Waals surface area contributed by atoms with Gasteiger partial charge in [0, 0.05) is 11.8 Å². The number of carbonyl (C=O) groups excluding carboxylic acids is 2. The molecule has 2 bridgehead atoms. The van der Waals surface area contributed by atoms with E-state index in [-0.39, 0.29) is 35.5 Å². The highest BCUT2D eigenvalue weighted by Gasteiger charge is 2.61. The molecule has 1 saturated carbocycles. The van der Waals surface area contributed by atoms with Crippen LogP contribution >= 0.6 is 0 Å². The molecule has 21 heavy (non-hydrogen) atoms. The van der Waals surface area contributed by atoms with E-state index in [0.29, 0.717) is 5.69 Å². The van der Waals surface area contributed by atoms with Crippen LogP contribution < -0.4 is 4.90 Å². The minimum atomic E-state index is -0.197. The number of hydrogen-bond acceptors (Lipinski definition) is 2. The zero-order valence-corrected chi connectivity index (χ0v) is 12.1. The lowest BCUT2D eigenvalue weighted by Gasteiger charge is -2.19. The maximum absolute atomic E-state index is 12.8. The molecule has 2 fully saturated rings. The molecule has 1 heterocycles. The average Bonchev–Trinajstić information content (AvgIpc) is 3.10. The van der Waals surface area contributed by atoms with Gasteiger partial charge in [-0.25, -0.2) is 4.90 Å². The number of amides is 2. The second-order valence-corrected chi connectivity index (χ2v) is 6.29. The van der Waals surface area contributed by atoms with Crippen molar-refractivity contribution in [3.63, 3.8) is 0 Å². The van der Waals surface area contributed by atoms with Gasteiger partial charge in [0.1, 0.15) is 0 Å². The lowest BCUT2D eigenvalue weighted by Crippen LogP contribution is -2.33.